The first-order chi connectivity index (χ1) is 17.4. The fourth-order valence-corrected chi connectivity index (χ4v) is 6.60. The van der Waals surface area contributed by atoms with Crippen LogP contribution in [0.15, 0.2) is 24.3 Å². The number of likely N-dealkylation sites (tertiary alicyclic amines) is 1. The molecule has 7 heteroatoms. The van der Waals surface area contributed by atoms with E-state index in [0.717, 1.165) is 49.9 Å². The third-order valence-corrected chi connectivity index (χ3v) is 9.22. The molecule has 0 unspecified atom stereocenters. The van der Waals surface area contributed by atoms with E-state index in [1.807, 2.05) is 40.7 Å². The van der Waals surface area contributed by atoms with E-state index in [9.17, 15) is 9.59 Å². The zero-order chi connectivity index (χ0) is 25.3. The molecule has 2 fully saturated rings. The van der Waals surface area contributed by atoms with Crippen molar-refractivity contribution in [2.45, 2.75) is 90.3 Å². The molecule has 1 saturated carbocycles. The average molecular weight is 494 g/mol. The fraction of sp³-hybridized carbons (Fsp3) is 0.690. The van der Waals surface area contributed by atoms with E-state index in [4.69, 9.17) is 0 Å². The molecule has 1 aliphatic carbocycles. The molecule has 1 aromatic carbocycles. The minimum Gasteiger partial charge on any atom is -0.351 e. The monoisotopic (exact) mass is 493 g/mol. The highest BCUT2D eigenvalue weighted by Crippen LogP contribution is 2.33. The average Bonchev–Trinajstić information content (AvgIpc) is 3.04. The van der Waals surface area contributed by atoms with Gasteiger partial charge in [-0.25, -0.2) is 4.98 Å². The largest absolute Gasteiger partial charge is 0.351 e. The Morgan fingerprint density at radius 1 is 1.06 bits per heavy atom. The second-order valence-corrected chi connectivity index (χ2v) is 11.7. The summed E-state index contributed by atoms with van der Waals surface area (Å²) < 4.78 is 1.97. The fourth-order valence-electron chi connectivity index (χ4n) is 6.60. The summed E-state index contributed by atoms with van der Waals surface area (Å²) in [5.74, 6) is 1.33. The Hall–Kier alpha value is -2.41. The number of imidazole rings is 1. The maximum absolute atomic E-state index is 14.0. The summed E-state index contributed by atoms with van der Waals surface area (Å²) in [6.07, 6.45) is 9.37. The summed E-state index contributed by atoms with van der Waals surface area (Å²) >= 11 is 0. The van der Waals surface area contributed by atoms with Gasteiger partial charge in [0.1, 0.15) is 5.54 Å². The molecule has 3 aliphatic rings. The lowest BCUT2D eigenvalue weighted by atomic mass is 9.77. The maximum atomic E-state index is 14.0. The Labute approximate surface area is 215 Å². The number of fused-ring (bicyclic) bond motifs is 3. The Morgan fingerprint density at radius 2 is 1.81 bits per heavy atom. The minimum atomic E-state index is -0.952. The smallest absolute Gasteiger partial charge is 0.290 e. The predicted octanol–water partition coefficient (Wildman–Crippen LogP) is 4.46. The molecule has 7 nitrogen and oxygen atoms in total. The van der Waals surface area contributed by atoms with Gasteiger partial charge >= 0.3 is 0 Å². The molecule has 0 bridgehead atoms. The predicted molar refractivity (Wildman–Crippen MR) is 143 cm³/mol. The van der Waals surface area contributed by atoms with Crippen LogP contribution >= 0.6 is 0 Å². The van der Waals surface area contributed by atoms with Crippen molar-refractivity contribution in [3.8, 4) is 0 Å². The molecule has 2 aromatic rings. The molecule has 2 aliphatic heterocycles. The normalized spacial score (nSPS) is 29.7. The van der Waals surface area contributed by atoms with Crippen LogP contribution in [0.3, 0.4) is 0 Å². The lowest BCUT2D eigenvalue weighted by Gasteiger charge is -2.45. The van der Waals surface area contributed by atoms with Crippen LogP contribution in [0.25, 0.3) is 11.0 Å². The van der Waals surface area contributed by atoms with Crippen LogP contribution in [-0.2, 0) is 11.3 Å². The molecule has 5 rings (SSSR count). The highest BCUT2D eigenvalue weighted by atomic mass is 16.2. The summed E-state index contributed by atoms with van der Waals surface area (Å²) in [5.41, 5.74) is 0.778. The third kappa shape index (κ3) is 4.79. The van der Waals surface area contributed by atoms with Crippen LogP contribution in [0, 0.1) is 11.8 Å². The van der Waals surface area contributed by atoms with Gasteiger partial charge in [0.05, 0.1) is 17.6 Å². The van der Waals surface area contributed by atoms with Crippen LogP contribution < -0.4 is 5.32 Å². The molecule has 3 heterocycles. The highest BCUT2D eigenvalue weighted by molar-refractivity contribution is 6.01. The van der Waals surface area contributed by atoms with Gasteiger partial charge in [-0.15, -0.1) is 0 Å². The van der Waals surface area contributed by atoms with Crippen LogP contribution in [0.5, 0.6) is 0 Å². The number of hydrogen-bond acceptors (Lipinski definition) is 4. The van der Waals surface area contributed by atoms with E-state index in [1.54, 1.807) is 0 Å². The van der Waals surface area contributed by atoms with E-state index >= 15 is 0 Å². The minimum absolute atomic E-state index is 0.0278. The van der Waals surface area contributed by atoms with Crippen molar-refractivity contribution < 1.29 is 9.59 Å². The number of para-hydroxylation sites is 2. The second-order valence-electron chi connectivity index (χ2n) is 11.7. The quantitative estimate of drug-likeness (QED) is 0.645. The number of aromatic nitrogens is 2. The Bertz CT molecular complexity index is 1090. The number of carbonyl (C=O) groups is 2. The van der Waals surface area contributed by atoms with E-state index in [1.165, 1.54) is 32.1 Å². The van der Waals surface area contributed by atoms with Crippen LogP contribution in [-0.4, -0.2) is 68.9 Å². The summed E-state index contributed by atoms with van der Waals surface area (Å²) in [6, 6.07) is 8.02. The number of nitrogens with one attached hydrogen (secondary N) is 1. The molecule has 2 amide bonds. The first-order valence-electron chi connectivity index (χ1n) is 14.2. The molecule has 1 N–H and O–H groups in total. The topological polar surface area (TPSA) is 70.5 Å². The van der Waals surface area contributed by atoms with Gasteiger partial charge < -0.3 is 19.7 Å². The van der Waals surface area contributed by atoms with Gasteiger partial charge in [-0.1, -0.05) is 51.7 Å². The number of rotatable bonds is 6. The first-order valence-corrected chi connectivity index (χ1v) is 14.2. The number of nitrogens with zero attached hydrogens (tertiary/aromatic N) is 4. The standard InChI is InChI=1S/C29H43N5O2/c1-21-12-10-14-23(22(21)2)31-28(36)29(3)20-33-25-15-7-6-13-24(25)30-26(33)27(35)34(29)19-11-18-32-16-8-4-5-9-17-32/h6-7,13,15,21-23H,4-5,8-12,14,16-20H2,1-3H3,(H,31,36)/t21-,22-,23+,29+/m1/s1. The van der Waals surface area contributed by atoms with Gasteiger partial charge in [0.25, 0.3) is 5.91 Å². The van der Waals surface area contributed by atoms with Crippen molar-refractivity contribution in [3.63, 3.8) is 0 Å². The van der Waals surface area contributed by atoms with Crippen LogP contribution in [0.1, 0.15) is 82.8 Å². The molecular weight excluding hydrogens is 450 g/mol. The molecular formula is C29H43N5O2. The summed E-state index contributed by atoms with van der Waals surface area (Å²) in [5, 5.41) is 3.40. The van der Waals surface area contributed by atoms with Gasteiger partial charge in [0.15, 0.2) is 5.82 Å². The van der Waals surface area contributed by atoms with E-state index in [-0.39, 0.29) is 17.9 Å². The number of amides is 2. The second kappa shape index (κ2) is 10.5. The highest BCUT2D eigenvalue weighted by Gasteiger charge is 2.49. The van der Waals surface area contributed by atoms with Crippen molar-refractivity contribution in [2.75, 3.05) is 26.2 Å². The number of hydrogen-bond donors (Lipinski definition) is 1. The molecule has 196 valence electrons. The van der Waals surface area contributed by atoms with Crippen LogP contribution in [0.2, 0.25) is 0 Å². The first kappa shape index (κ1) is 25.2. The zero-order valence-corrected chi connectivity index (χ0v) is 22.3. The maximum Gasteiger partial charge on any atom is 0.290 e. The SMILES string of the molecule is C[C@@H]1[C@H](C)CCC[C@@H]1NC(=O)[C@]1(C)Cn2c(nc3ccccc32)C(=O)N1CCCN1CCCCCC1. The summed E-state index contributed by atoms with van der Waals surface area (Å²) in [6.45, 7) is 10.7. The number of carbonyl (C=O) groups excluding carboxylic acids is 2. The van der Waals surface area contributed by atoms with E-state index < -0.39 is 5.54 Å². The van der Waals surface area contributed by atoms with Gasteiger partial charge in [-0.2, -0.15) is 0 Å². The van der Waals surface area contributed by atoms with Crippen LogP contribution in [0.4, 0.5) is 0 Å². The van der Waals surface area contributed by atoms with Gasteiger partial charge in [-0.3, -0.25) is 9.59 Å². The molecule has 0 spiro atoms. The Morgan fingerprint density at radius 3 is 2.58 bits per heavy atom. The van der Waals surface area contributed by atoms with Crippen molar-refractivity contribution in [1.82, 2.24) is 24.7 Å². The van der Waals surface area contributed by atoms with Crippen molar-refractivity contribution in [2.24, 2.45) is 11.8 Å². The van der Waals surface area contributed by atoms with Crippen molar-refractivity contribution in [1.29, 1.82) is 0 Å². The van der Waals surface area contributed by atoms with Crippen molar-refractivity contribution in [3.05, 3.63) is 30.1 Å². The molecule has 1 aromatic heterocycles. The molecule has 0 radical (unpaired) electrons. The zero-order valence-electron chi connectivity index (χ0n) is 22.3. The van der Waals surface area contributed by atoms with E-state index in [2.05, 4.69) is 29.0 Å². The molecule has 1 saturated heterocycles. The van der Waals surface area contributed by atoms with Gasteiger partial charge in [-0.05, 0) is 76.2 Å². The summed E-state index contributed by atoms with van der Waals surface area (Å²) in [4.78, 5) is 37.0. The Balaban J connectivity index is 1.40. The van der Waals surface area contributed by atoms with Gasteiger partial charge in [0, 0.05) is 12.6 Å². The lowest BCUT2D eigenvalue weighted by Crippen LogP contribution is -2.66. The molecule has 4 atom stereocenters. The van der Waals surface area contributed by atoms with Crippen molar-refractivity contribution >= 4 is 22.8 Å². The Kier molecular flexibility index (Phi) is 7.38. The molecule has 36 heavy (non-hydrogen) atoms. The van der Waals surface area contributed by atoms with Gasteiger partial charge in [0.2, 0.25) is 5.91 Å². The third-order valence-electron chi connectivity index (χ3n) is 9.22. The van der Waals surface area contributed by atoms with E-state index in [0.29, 0.717) is 30.7 Å². The summed E-state index contributed by atoms with van der Waals surface area (Å²) in [7, 11) is 0. The lowest BCUT2D eigenvalue weighted by molar-refractivity contribution is -0.134. The number of benzene rings is 1.